The third kappa shape index (κ3) is 6.19. The van der Waals surface area contributed by atoms with Crippen molar-refractivity contribution in [2.24, 2.45) is 0 Å². The van der Waals surface area contributed by atoms with Crippen LogP contribution in [0.15, 0.2) is 60.7 Å². The Labute approximate surface area is 229 Å². The second kappa shape index (κ2) is 12.9. The van der Waals surface area contributed by atoms with Gasteiger partial charge in [0.2, 0.25) is 0 Å². The van der Waals surface area contributed by atoms with Gasteiger partial charge in [-0.05, 0) is 48.9 Å². The SMILES string of the molecule is CCCNC(=O)c1cc(NC(=O)c2c(OC)cccc2OC)ccc1N1CCN(c2ccccc2OC)CC1. The number of anilines is 3. The van der Waals surface area contributed by atoms with Gasteiger partial charge in [0, 0.05) is 44.1 Å². The van der Waals surface area contributed by atoms with Crippen molar-refractivity contribution in [2.75, 3.05) is 69.2 Å². The minimum absolute atomic E-state index is 0.176. The summed E-state index contributed by atoms with van der Waals surface area (Å²) >= 11 is 0. The molecule has 0 radical (unpaired) electrons. The summed E-state index contributed by atoms with van der Waals surface area (Å²) in [5, 5.41) is 5.89. The van der Waals surface area contributed by atoms with E-state index >= 15 is 0 Å². The number of benzene rings is 3. The summed E-state index contributed by atoms with van der Waals surface area (Å²) in [6, 6.07) is 18.6. The molecular formula is C30H36N4O5. The summed E-state index contributed by atoms with van der Waals surface area (Å²) in [6.45, 7) is 5.60. The number of nitrogens with one attached hydrogen (secondary N) is 2. The number of carbonyl (C=O) groups is 2. The molecule has 1 saturated heterocycles. The van der Waals surface area contributed by atoms with E-state index < -0.39 is 0 Å². The van der Waals surface area contributed by atoms with Gasteiger partial charge in [-0.15, -0.1) is 0 Å². The Balaban J connectivity index is 1.58. The Hall–Kier alpha value is -4.40. The fourth-order valence-electron chi connectivity index (χ4n) is 4.75. The van der Waals surface area contributed by atoms with E-state index in [0.29, 0.717) is 29.3 Å². The van der Waals surface area contributed by atoms with Crippen molar-refractivity contribution >= 4 is 28.9 Å². The summed E-state index contributed by atoms with van der Waals surface area (Å²) in [7, 11) is 4.69. The maximum absolute atomic E-state index is 13.2. The summed E-state index contributed by atoms with van der Waals surface area (Å²) < 4.78 is 16.3. The molecule has 1 fully saturated rings. The highest BCUT2D eigenvalue weighted by Gasteiger charge is 2.24. The molecule has 206 valence electrons. The fraction of sp³-hybridized carbons (Fsp3) is 0.333. The van der Waals surface area contributed by atoms with E-state index in [1.807, 2.05) is 37.3 Å². The van der Waals surface area contributed by atoms with Crippen LogP contribution in [0.25, 0.3) is 0 Å². The maximum Gasteiger partial charge on any atom is 0.263 e. The van der Waals surface area contributed by atoms with Gasteiger partial charge in [-0.1, -0.05) is 25.1 Å². The van der Waals surface area contributed by atoms with E-state index in [1.54, 1.807) is 31.4 Å². The van der Waals surface area contributed by atoms with Crippen LogP contribution in [0.2, 0.25) is 0 Å². The first-order valence-corrected chi connectivity index (χ1v) is 13.1. The molecule has 1 aliphatic rings. The standard InChI is InChI=1S/C30H36N4O5/c1-5-15-31-29(35)22-20-21(32-30(36)28-26(38-3)11-8-12-27(28)39-4)13-14-23(22)33-16-18-34(19-17-33)24-9-6-7-10-25(24)37-2/h6-14,20H,5,15-19H2,1-4H3,(H,31,35)(H,32,36). The molecule has 1 aliphatic heterocycles. The molecule has 39 heavy (non-hydrogen) atoms. The number of rotatable bonds is 10. The topological polar surface area (TPSA) is 92.4 Å². The number of nitrogens with zero attached hydrogens (tertiary/aromatic N) is 2. The van der Waals surface area contributed by atoms with E-state index in [9.17, 15) is 9.59 Å². The van der Waals surface area contributed by atoms with Crippen LogP contribution >= 0.6 is 0 Å². The molecule has 3 aromatic carbocycles. The van der Waals surface area contributed by atoms with Crippen molar-refractivity contribution in [3.8, 4) is 17.2 Å². The zero-order chi connectivity index (χ0) is 27.8. The Morgan fingerprint density at radius 2 is 1.33 bits per heavy atom. The number of piperazine rings is 1. The number of carbonyl (C=O) groups excluding carboxylic acids is 2. The molecule has 3 aromatic rings. The van der Waals surface area contributed by atoms with Gasteiger partial charge in [-0.2, -0.15) is 0 Å². The Morgan fingerprint density at radius 1 is 0.744 bits per heavy atom. The molecule has 4 rings (SSSR count). The highest BCUT2D eigenvalue weighted by molar-refractivity contribution is 6.09. The lowest BCUT2D eigenvalue weighted by Gasteiger charge is -2.38. The first-order chi connectivity index (χ1) is 19.0. The molecule has 2 N–H and O–H groups in total. The zero-order valence-electron chi connectivity index (χ0n) is 23.0. The number of para-hydroxylation sites is 2. The molecule has 0 saturated carbocycles. The van der Waals surface area contributed by atoms with Crippen molar-refractivity contribution in [2.45, 2.75) is 13.3 Å². The molecule has 0 bridgehead atoms. The van der Waals surface area contributed by atoms with E-state index in [1.165, 1.54) is 14.2 Å². The van der Waals surface area contributed by atoms with Gasteiger partial charge in [0.05, 0.1) is 32.6 Å². The Bertz CT molecular complexity index is 1280. The zero-order valence-corrected chi connectivity index (χ0v) is 23.0. The van der Waals surface area contributed by atoms with Gasteiger partial charge >= 0.3 is 0 Å². The van der Waals surface area contributed by atoms with Crippen LogP contribution in [0.3, 0.4) is 0 Å². The lowest BCUT2D eigenvalue weighted by molar-refractivity contribution is 0.0952. The average Bonchev–Trinajstić information content (AvgIpc) is 2.99. The maximum atomic E-state index is 13.2. The third-order valence-electron chi connectivity index (χ3n) is 6.74. The summed E-state index contributed by atoms with van der Waals surface area (Å²) in [5.41, 5.74) is 3.20. The molecule has 9 heteroatoms. The normalized spacial score (nSPS) is 13.0. The molecule has 2 amide bonds. The van der Waals surface area contributed by atoms with Gasteiger partial charge in [0.1, 0.15) is 22.8 Å². The number of hydrogen-bond donors (Lipinski definition) is 2. The predicted molar refractivity (Wildman–Crippen MR) is 154 cm³/mol. The summed E-state index contributed by atoms with van der Waals surface area (Å²) in [5.74, 6) is 1.08. The van der Waals surface area contributed by atoms with E-state index in [4.69, 9.17) is 14.2 Å². The lowest BCUT2D eigenvalue weighted by Crippen LogP contribution is -2.47. The molecule has 1 heterocycles. The third-order valence-corrected chi connectivity index (χ3v) is 6.74. The average molecular weight is 533 g/mol. The van der Waals surface area contributed by atoms with Gasteiger partial charge < -0.3 is 34.6 Å². The molecule has 0 spiro atoms. The highest BCUT2D eigenvalue weighted by Crippen LogP contribution is 2.32. The number of amides is 2. The largest absolute Gasteiger partial charge is 0.496 e. The highest BCUT2D eigenvalue weighted by atomic mass is 16.5. The molecular weight excluding hydrogens is 496 g/mol. The molecule has 0 atom stereocenters. The Morgan fingerprint density at radius 3 is 1.95 bits per heavy atom. The number of methoxy groups -OCH3 is 3. The van der Waals surface area contributed by atoms with Gasteiger partial charge in [-0.25, -0.2) is 0 Å². The number of ether oxygens (including phenoxy) is 3. The van der Waals surface area contributed by atoms with Crippen LogP contribution in [0, 0.1) is 0 Å². The number of hydrogen-bond acceptors (Lipinski definition) is 7. The first-order valence-electron chi connectivity index (χ1n) is 13.1. The minimum atomic E-state index is -0.387. The molecule has 0 unspecified atom stereocenters. The summed E-state index contributed by atoms with van der Waals surface area (Å²) in [4.78, 5) is 31.0. The van der Waals surface area contributed by atoms with E-state index in [0.717, 1.165) is 49.7 Å². The van der Waals surface area contributed by atoms with E-state index in [2.05, 4.69) is 26.5 Å². The van der Waals surface area contributed by atoms with Gasteiger partial charge in [-0.3, -0.25) is 9.59 Å². The second-order valence-corrected chi connectivity index (χ2v) is 9.13. The quantitative estimate of drug-likeness (QED) is 0.399. The molecule has 9 nitrogen and oxygen atoms in total. The van der Waals surface area contributed by atoms with Crippen molar-refractivity contribution in [3.63, 3.8) is 0 Å². The monoisotopic (exact) mass is 532 g/mol. The van der Waals surface area contributed by atoms with Gasteiger partial charge in [0.25, 0.3) is 11.8 Å². The van der Waals surface area contributed by atoms with Crippen molar-refractivity contribution in [1.82, 2.24) is 5.32 Å². The smallest absolute Gasteiger partial charge is 0.263 e. The predicted octanol–water partition coefficient (Wildman–Crippen LogP) is 4.43. The minimum Gasteiger partial charge on any atom is -0.496 e. The van der Waals surface area contributed by atoms with Gasteiger partial charge in [0.15, 0.2) is 0 Å². The van der Waals surface area contributed by atoms with Crippen molar-refractivity contribution in [1.29, 1.82) is 0 Å². The summed E-state index contributed by atoms with van der Waals surface area (Å²) in [6.07, 6.45) is 0.822. The van der Waals surface area contributed by atoms with Crippen molar-refractivity contribution in [3.05, 3.63) is 71.8 Å². The first kappa shape index (κ1) is 27.6. The van der Waals surface area contributed by atoms with Crippen molar-refractivity contribution < 1.29 is 23.8 Å². The van der Waals surface area contributed by atoms with Crippen LogP contribution in [0.1, 0.15) is 34.1 Å². The molecule has 0 aliphatic carbocycles. The van der Waals surface area contributed by atoms with Crippen LogP contribution < -0.4 is 34.6 Å². The van der Waals surface area contributed by atoms with Crippen LogP contribution in [0.5, 0.6) is 17.2 Å². The lowest BCUT2D eigenvalue weighted by atomic mass is 10.1. The Kier molecular flexibility index (Phi) is 9.14. The van der Waals surface area contributed by atoms with Crippen LogP contribution in [-0.2, 0) is 0 Å². The molecule has 0 aromatic heterocycles. The second-order valence-electron chi connectivity index (χ2n) is 9.13. The van der Waals surface area contributed by atoms with E-state index in [-0.39, 0.29) is 17.4 Å². The fourth-order valence-corrected chi connectivity index (χ4v) is 4.75. The van der Waals surface area contributed by atoms with Crippen LogP contribution in [0.4, 0.5) is 17.1 Å². The van der Waals surface area contributed by atoms with Crippen LogP contribution in [-0.4, -0.2) is 65.9 Å².